The van der Waals surface area contributed by atoms with Crippen LogP contribution in [0.25, 0.3) is 20.4 Å². The highest BCUT2D eigenvalue weighted by Gasteiger charge is 2.13. The quantitative estimate of drug-likeness (QED) is 0.361. The fourth-order valence-electron chi connectivity index (χ4n) is 3.06. The molecule has 1 aliphatic heterocycles. The average Bonchev–Trinajstić information content (AvgIpc) is 3.46. The van der Waals surface area contributed by atoms with Crippen molar-refractivity contribution in [3.63, 3.8) is 0 Å². The van der Waals surface area contributed by atoms with Crippen molar-refractivity contribution in [2.24, 2.45) is 4.99 Å². The molecule has 0 fully saturated rings. The first-order valence-corrected chi connectivity index (χ1v) is 10.7. The van der Waals surface area contributed by atoms with E-state index < -0.39 is 0 Å². The van der Waals surface area contributed by atoms with Crippen molar-refractivity contribution in [3.05, 3.63) is 56.5 Å². The topological polar surface area (TPSA) is 105 Å². The van der Waals surface area contributed by atoms with E-state index in [4.69, 9.17) is 0 Å². The summed E-state index contributed by atoms with van der Waals surface area (Å²) < 4.78 is 2.14. The van der Waals surface area contributed by atoms with Gasteiger partial charge in [0.05, 0.1) is 42.9 Å². The molecule has 1 aliphatic rings. The van der Waals surface area contributed by atoms with Gasteiger partial charge in [-0.3, -0.25) is 15.1 Å². The van der Waals surface area contributed by atoms with Gasteiger partial charge < -0.3 is 10.6 Å². The normalized spacial score (nSPS) is 13.0. The van der Waals surface area contributed by atoms with Crippen molar-refractivity contribution >= 4 is 60.4 Å². The monoisotopic (exact) mass is 426 g/mol. The Kier molecular flexibility index (Phi) is 5.36. The first-order valence-electron chi connectivity index (χ1n) is 8.90. The summed E-state index contributed by atoms with van der Waals surface area (Å²) in [7, 11) is 0. The lowest BCUT2D eigenvalue weighted by molar-refractivity contribution is -0.385. The van der Waals surface area contributed by atoms with Gasteiger partial charge in [0.25, 0.3) is 5.69 Å². The van der Waals surface area contributed by atoms with E-state index in [1.807, 2.05) is 11.6 Å². The van der Waals surface area contributed by atoms with E-state index in [0.717, 1.165) is 40.5 Å². The van der Waals surface area contributed by atoms with E-state index >= 15 is 0 Å². The molecule has 5 rings (SSSR count). The Morgan fingerprint density at radius 1 is 1.03 bits per heavy atom. The van der Waals surface area contributed by atoms with Crippen molar-refractivity contribution in [2.75, 3.05) is 18.4 Å². The van der Waals surface area contributed by atoms with Crippen LogP contribution in [-0.2, 0) is 0 Å². The molecule has 0 unspecified atom stereocenters. The third-order valence-corrected chi connectivity index (χ3v) is 6.51. The second-order valence-electron chi connectivity index (χ2n) is 6.39. The summed E-state index contributed by atoms with van der Waals surface area (Å²) in [5, 5.41) is 17.1. The number of anilines is 1. The molecule has 0 aliphatic carbocycles. The largest absolute Gasteiger partial charge is 0.354 e. The van der Waals surface area contributed by atoms with Crippen LogP contribution in [0.3, 0.4) is 0 Å². The number of guanidine groups is 1. The summed E-state index contributed by atoms with van der Waals surface area (Å²) in [5.41, 5.74) is 8.67. The summed E-state index contributed by atoms with van der Waals surface area (Å²) in [6, 6.07) is 7.27. The van der Waals surface area contributed by atoms with Crippen LogP contribution < -0.4 is 10.6 Å². The number of thiazole rings is 2. The summed E-state index contributed by atoms with van der Waals surface area (Å²) in [6.45, 7) is 5.63. The van der Waals surface area contributed by atoms with E-state index in [1.165, 1.54) is 27.7 Å². The molecular weight excluding hydrogens is 408 g/mol. The van der Waals surface area contributed by atoms with Gasteiger partial charge in [-0.2, -0.15) is 0 Å². The van der Waals surface area contributed by atoms with Gasteiger partial charge in [-0.1, -0.05) is 0 Å². The van der Waals surface area contributed by atoms with Crippen LogP contribution in [0.4, 0.5) is 11.4 Å². The number of nitro groups is 1. The molecule has 4 aromatic rings. The Hall–Kier alpha value is -3.11. The standard InChI is InChI=1S/C11H12N4S.C8H6N2O2S/c1-7-8(15-11-12-4-5-13-11)2-3-9-10(7)16-6-14-9;1-5-7(10(11)12)3-2-6-8(5)13-4-9-6/h2-3,6H,4-5H2,1H3,(H2,12,13,15);2-4H,1H3. The molecule has 0 radical (unpaired) electrons. The number of aryl methyl sites for hydroxylation is 2. The fraction of sp³-hybridized carbons (Fsp3) is 0.211. The third kappa shape index (κ3) is 3.89. The van der Waals surface area contributed by atoms with Crippen molar-refractivity contribution in [3.8, 4) is 0 Å². The van der Waals surface area contributed by atoms with Gasteiger partial charge in [-0.25, -0.2) is 9.97 Å². The number of aliphatic imine (C=N–C) groups is 1. The Morgan fingerprint density at radius 3 is 2.31 bits per heavy atom. The van der Waals surface area contributed by atoms with Gasteiger partial charge in [0.2, 0.25) is 0 Å². The number of hydrogen-bond donors (Lipinski definition) is 2. The van der Waals surface area contributed by atoms with Gasteiger partial charge in [0.15, 0.2) is 5.96 Å². The number of nitrogens with one attached hydrogen (secondary N) is 2. The maximum atomic E-state index is 10.6. The summed E-state index contributed by atoms with van der Waals surface area (Å²) in [4.78, 5) is 22.9. The molecule has 2 N–H and O–H groups in total. The van der Waals surface area contributed by atoms with Gasteiger partial charge in [0.1, 0.15) is 0 Å². The molecule has 0 saturated heterocycles. The first-order chi connectivity index (χ1) is 14.0. The number of nitrogens with zero attached hydrogens (tertiary/aromatic N) is 4. The number of aromatic nitrogens is 2. The lowest BCUT2D eigenvalue weighted by Gasteiger charge is -2.09. The van der Waals surface area contributed by atoms with Crippen LogP contribution in [0.5, 0.6) is 0 Å². The van der Waals surface area contributed by atoms with Gasteiger partial charge in [-0.15, -0.1) is 22.7 Å². The van der Waals surface area contributed by atoms with Crippen LogP contribution in [0.15, 0.2) is 40.3 Å². The zero-order valence-electron chi connectivity index (χ0n) is 15.8. The van der Waals surface area contributed by atoms with Gasteiger partial charge >= 0.3 is 0 Å². The molecule has 0 amide bonds. The third-order valence-electron chi connectivity index (χ3n) is 4.59. The lowest BCUT2D eigenvalue weighted by atomic mass is 10.2. The highest BCUT2D eigenvalue weighted by molar-refractivity contribution is 7.17. The molecule has 8 nitrogen and oxygen atoms in total. The van der Waals surface area contributed by atoms with Crippen molar-refractivity contribution < 1.29 is 4.92 Å². The Morgan fingerprint density at radius 2 is 1.69 bits per heavy atom. The zero-order chi connectivity index (χ0) is 20.4. The van der Waals surface area contributed by atoms with Crippen LogP contribution in [0.1, 0.15) is 11.1 Å². The minimum absolute atomic E-state index is 0.164. The van der Waals surface area contributed by atoms with E-state index in [1.54, 1.807) is 29.8 Å². The predicted molar refractivity (Wildman–Crippen MR) is 119 cm³/mol. The molecule has 10 heteroatoms. The second-order valence-corrected chi connectivity index (χ2v) is 8.10. The Balaban J connectivity index is 0.000000145. The fourth-order valence-corrected chi connectivity index (χ4v) is 4.65. The minimum Gasteiger partial charge on any atom is -0.354 e. The van der Waals surface area contributed by atoms with Crippen molar-refractivity contribution in [1.29, 1.82) is 0 Å². The van der Waals surface area contributed by atoms with E-state index in [2.05, 4.69) is 38.6 Å². The number of rotatable bonds is 2. The smallest absolute Gasteiger partial charge is 0.273 e. The van der Waals surface area contributed by atoms with Crippen LogP contribution in [0, 0.1) is 24.0 Å². The van der Waals surface area contributed by atoms with Crippen molar-refractivity contribution in [1.82, 2.24) is 15.3 Å². The molecule has 0 saturated carbocycles. The molecule has 0 atom stereocenters. The molecule has 0 bridgehead atoms. The minimum atomic E-state index is -0.367. The van der Waals surface area contributed by atoms with E-state index in [0.29, 0.717) is 5.56 Å². The molecular formula is C19H18N6O2S2. The Labute approximate surface area is 174 Å². The summed E-state index contributed by atoms with van der Waals surface area (Å²) in [6.07, 6.45) is 0. The molecule has 0 spiro atoms. The number of fused-ring (bicyclic) bond motifs is 2. The summed E-state index contributed by atoms with van der Waals surface area (Å²) in [5.74, 6) is 0.868. The lowest BCUT2D eigenvalue weighted by Crippen LogP contribution is -2.26. The maximum absolute atomic E-state index is 10.6. The number of nitro benzene ring substituents is 1. The number of hydrogen-bond acceptors (Lipinski definition) is 9. The van der Waals surface area contributed by atoms with E-state index in [-0.39, 0.29) is 10.6 Å². The van der Waals surface area contributed by atoms with Gasteiger partial charge in [-0.05, 0) is 37.6 Å². The predicted octanol–water partition coefficient (Wildman–Crippen LogP) is 4.49. The molecule has 3 heterocycles. The first kappa shape index (κ1) is 19.2. The maximum Gasteiger partial charge on any atom is 0.273 e. The van der Waals surface area contributed by atoms with E-state index in [9.17, 15) is 10.1 Å². The van der Waals surface area contributed by atoms with Crippen molar-refractivity contribution in [2.45, 2.75) is 13.8 Å². The van der Waals surface area contributed by atoms with Crippen LogP contribution in [-0.4, -0.2) is 33.9 Å². The molecule has 148 valence electrons. The molecule has 29 heavy (non-hydrogen) atoms. The molecule has 2 aromatic heterocycles. The second kappa shape index (κ2) is 8.10. The van der Waals surface area contributed by atoms with Crippen LogP contribution >= 0.6 is 22.7 Å². The zero-order valence-corrected chi connectivity index (χ0v) is 17.4. The van der Waals surface area contributed by atoms with Gasteiger partial charge in [0, 0.05) is 23.9 Å². The SMILES string of the molecule is Cc1c(NC2=NCCN2)ccc2ncsc12.Cc1c([N+](=O)[O-])ccc2ncsc12. The van der Waals surface area contributed by atoms with Crippen LogP contribution in [0.2, 0.25) is 0 Å². The highest BCUT2D eigenvalue weighted by Crippen LogP contribution is 2.29. The Bertz CT molecular complexity index is 1230. The number of benzene rings is 2. The highest BCUT2D eigenvalue weighted by atomic mass is 32.1. The average molecular weight is 427 g/mol. The molecule has 2 aromatic carbocycles. The summed E-state index contributed by atoms with van der Waals surface area (Å²) >= 11 is 3.10.